The zero-order chi connectivity index (χ0) is 16.2. The molecule has 0 atom stereocenters. The number of aromatic nitrogens is 2. The molecular formula is C17H13N5O. The van der Waals surface area contributed by atoms with Crippen LogP contribution in [-0.4, -0.2) is 16.1 Å². The standard InChI is InChI=1S/C17H13N5O/c1-11(23)19-12-6-8-13(9-7-12)20-17-14-4-2-3-5-15(14)21-22-16(17)10-18/h2-9H,1H3,(H,19,23)(H,20,21). The first-order valence-corrected chi connectivity index (χ1v) is 6.97. The van der Waals surface area contributed by atoms with Crippen LogP contribution in [-0.2, 0) is 4.79 Å². The van der Waals surface area contributed by atoms with Crippen LogP contribution >= 0.6 is 0 Å². The van der Waals surface area contributed by atoms with Crippen LogP contribution in [0.15, 0.2) is 48.5 Å². The molecular weight excluding hydrogens is 290 g/mol. The second-order valence-corrected chi connectivity index (χ2v) is 4.94. The quantitative estimate of drug-likeness (QED) is 0.775. The molecule has 0 unspecified atom stereocenters. The van der Waals surface area contributed by atoms with Crippen molar-refractivity contribution in [1.29, 1.82) is 5.26 Å². The molecule has 0 saturated heterocycles. The van der Waals surface area contributed by atoms with E-state index in [0.29, 0.717) is 16.9 Å². The predicted molar refractivity (Wildman–Crippen MR) is 88.3 cm³/mol. The largest absolute Gasteiger partial charge is 0.353 e. The number of nitriles is 1. The first-order chi connectivity index (χ1) is 11.2. The number of hydrogen-bond donors (Lipinski definition) is 2. The minimum atomic E-state index is -0.123. The number of nitrogens with one attached hydrogen (secondary N) is 2. The van der Waals surface area contributed by atoms with Crippen LogP contribution in [0.2, 0.25) is 0 Å². The molecule has 1 amide bonds. The highest BCUT2D eigenvalue weighted by atomic mass is 16.1. The molecule has 0 aliphatic heterocycles. The molecule has 23 heavy (non-hydrogen) atoms. The van der Waals surface area contributed by atoms with E-state index in [4.69, 9.17) is 0 Å². The van der Waals surface area contributed by atoms with Gasteiger partial charge in [0, 0.05) is 23.7 Å². The lowest BCUT2D eigenvalue weighted by atomic mass is 10.1. The van der Waals surface area contributed by atoms with Crippen molar-refractivity contribution in [3.05, 3.63) is 54.2 Å². The average molecular weight is 303 g/mol. The van der Waals surface area contributed by atoms with Gasteiger partial charge in [-0.05, 0) is 30.3 Å². The molecule has 1 heterocycles. The summed E-state index contributed by atoms with van der Waals surface area (Å²) >= 11 is 0. The van der Waals surface area contributed by atoms with Crippen molar-refractivity contribution in [2.45, 2.75) is 6.92 Å². The predicted octanol–water partition coefficient (Wildman–Crippen LogP) is 3.20. The van der Waals surface area contributed by atoms with Crippen molar-refractivity contribution in [2.24, 2.45) is 0 Å². The summed E-state index contributed by atoms with van der Waals surface area (Å²) in [5.74, 6) is -0.123. The maximum Gasteiger partial charge on any atom is 0.221 e. The zero-order valence-electron chi connectivity index (χ0n) is 12.4. The van der Waals surface area contributed by atoms with Crippen molar-refractivity contribution in [1.82, 2.24) is 10.2 Å². The Balaban J connectivity index is 1.98. The van der Waals surface area contributed by atoms with E-state index >= 15 is 0 Å². The molecule has 0 aliphatic rings. The SMILES string of the molecule is CC(=O)Nc1ccc(Nc2c(C#N)nnc3ccccc23)cc1. The number of fused-ring (bicyclic) bond motifs is 1. The first-order valence-electron chi connectivity index (χ1n) is 6.97. The monoisotopic (exact) mass is 303 g/mol. The summed E-state index contributed by atoms with van der Waals surface area (Å²) in [4.78, 5) is 11.0. The number of carbonyl (C=O) groups is 1. The van der Waals surface area contributed by atoms with Crippen LogP contribution in [0.1, 0.15) is 12.6 Å². The van der Waals surface area contributed by atoms with E-state index in [-0.39, 0.29) is 11.6 Å². The summed E-state index contributed by atoms with van der Waals surface area (Å²) in [6, 6.07) is 16.7. The summed E-state index contributed by atoms with van der Waals surface area (Å²) in [7, 11) is 0. The second-order valence-electron chi connectivity index (χ2n) is 4.94. The van der Waals surface area contributed by atoms with Gasteiger partial charge in [-0.3, -0.25) is 4.79 Å². The summed E-state index contributed by atoms with van der Waals surface area (Å²) in [6.07, 6.45) is 0. The Morgan fingerprint density at radius 3 is 2.43 bits per heavy atom. The van der Waals surface area contributed by atoms with Gasteiger partial charge in [0.05, 0.1) is 11.2 Å². The maximum atomic E-state index is 11.0. The second kappa shape index (κ2) is 6.12. The highest BCUT2D eigenvalue weighted by Crippen LogP contribution is 2.27. The lowest BCUT2D eigenvalue weighted by Gasteiger charge is -2.11. The smallest absolute Gasteiger partial charge is 0.221 e. The highest BCUT2D eigenvalue weighted by Gasteiger charge is 2.10. The van der Waals surface area contributed by atoms with Crippen LogP contribution in [0.4, 0.5) is 17.1 Å². The molecule has 112 valence electrons. The van der Waals surface area contributed by atoms with E-state index in [1.807, 2.05) is 36.4 Å². The van der Waals surface area contributed by atoms with Crippen molar-refractivity contribution >= 4 is 33.9 Å². The van der Waals surface area contributed by atoms with E-state index in [9.17, 15) is 10.1 Å². The summed E-state index contributed by atoms with van der Waals surface area (Å²) in [6.45, 7) is 1.46. The molecule has 0 fully saturated rings. The molecule has 0 radical (unpaired) electrons. The summed E-state index contributed by atoms with van der Waals surface area (Å²) < 4.78 is 0. The van der Waals surface area contributed by atoms with Gasteiger partial charge in [-0.2, -0.15) is 5.26 Å². The van der Waals surface area contributed by atoms with Gasteiger partial charge < -0.3 is 10.6 Å². The van der Waals surface area contributed by atoms with Gasteiger partial charge in [0.1, 0.15) is 6.07 Å². The van der Waals surface area contributed by atoms with Gasteiger partial charge >= 0.3 is 0 Å². The van der Waals surface area contributed by atoms with E-state index < -0.39 is 0 Å². The fourth-order valence-electron chi connectivity index (χ4n) is 2.24. The van der Waals surface area contributed by atoms with Crippen LogP contribution < -0.4 is 10.6 Å². The molecule has 0 aliphatic carbocycles. The van der Waals surface area contributed by atoms with Crippen molar-refractivity contribution in [3.63, 3.8) is 0 Å². The lowest BCUT2D eigenvalue weighted by Crippen LogP contribution is -2.05. The van der Waals surface area contributed by atoms with Crippen LogP contribution in [0, 0.1) is 11.3 Å². The van der Waals surface area contributed by atoms with Crippen LogP contribution in [0.25, 0.3) is 10.9 Å². The van der Waals surface area contributed by atoms with Crippen molar-refractivity contribution in [2.75, 3.05) is 10.6 Å². The number of amides is 1. The fourth-order valence-corrected chi connectivity index (χ4v) is 2.24. The Kier molecular flexibility index (Phi) is 3.85. The zero-order valence-corrected chi connectivity index (χ0v) is 12.4. The average Bonchev–Trinajstić information content (AvgIpc) is 2.56. The van der Waals surface area contributed by atoms with Crippen molar-refractivity contribution in [3.8, 4) is 6.07 Å². The number of anilines is 3. The topological polar surface area (TPSA) is 90.7 Å². The van der Waals surface area contributed by atoms with Gasteiger partial charge in [0.25, 0.3) is 0 Å². The molecule has 3 aromatic rings. The molecule has 2 N–H and O–H groups in total. The number of hydrogen-bond acceptors (Lipinski definition) is 5. The minimum absolute atomic E-state index is 0.123. The first kappa shape index (κ1) is 14.5. The Morgan fingerprint density at radius 2 is 1.74 bits per heavy atom. The summed E-state index contributed by atoms with van der Waals surface area (Å²) in [5.41, 5.74) is 3.05. The molecule has 0 bridgehead atoms. The maximum absolute atomic E-state index is 11.0. The van der Waals surface area contributed by atoms with Gasteiger partial charge in [-0.1, -0.05) is 18.2 Å². The molecule has 6 nitrogen and oxygen atoms in total. The number of carbonyl (C=O) groups excluding carboxylic acids is 1. The van der Waals surface area contributed by atoms with Crippen LogP contribution in [0.5, 0.6) is 0 Å². The normalized spacial score (nSPS) is 10.1. The van der Waals surface area contributed by atoms with Gasteiger partial charge in [-0.25, -0.2) is 0 Å². The summed E-state index contributed by atoms with van der Waals surface area (Å²) in [5, 5.41) is 24.0. The van der Waals surface area contributed by atoms with Gasteiger partial charge in [0.15, 0.2) is 5.69 Å². The molecule has 0 spiro atoms. The Labute approximate surface area is 132 Å². The lowest BCUT2D eigenvalue weighted by molar-refractivity contribution is -0.114. The van der Waals surface area contributed by atoms with E-state index in [1.54, 1.807) is 12.1 Å². The molecule has 1 aromatic heterocycles. The fraction of sp³-hybridized carbons (Fsp3) is 0.0588. The van der Waals surface area contributed by atoms with Crippen LogP contribution in [0.3, 0.4) is 0 Å². The molecule has 3 rings (SSSR count). The Hall–Kier alpha value is -3.46. The Bertz CT molecular complexity index is 912. The number of rotatable bonds is 3. The van der Waals surface area contributed by atoms with Gasteiger partial charge in [0.2, 0.25) is 5.91 Å². The van der Waals surface area contributed by atoms with Crippen molar-refractivity contribution < 1.29 is 4.79 Å². The third-order valence-corrected chi connectivity index (χ3v) is 3.25. The number of benzene rings is 2. The van der Waals surface area contributed by atoms with E-state index in [1.165, 1.54) is 6.92 Å². The molecule has 0 saturated carbocycles. The van der Waals surface area contributed by atoms with E-state index in [2.05, 4.69) is 26.9 Å². The molecule has 2 aromatic carbocycles. The third kappa shape index (κ3) is 3.09. The Morgan fingerprint density at radius 1 is 1.04 bits per heavy atom. The molecule has 6 heteroatoms. The highest BCUT2D eigenvalue weighted by molar-refractivity contribution is 5.95. The number of nitrogens with zero attached hydrogens (tertiary/aromatic N) is 3. The third-order valence-electron chi connectivity index (χ3n) is 3.25. The van der Waals surface area contributed by atoms with E-state index in [0.717, 1.165) is 11.1 Å². The minimum Gasteiger partial charge on any atom is -0.353 e. The van der Waals surface area contributed by atoms with Gasteiger partial charge in [-0.15, -0.1) is 10.2 Å².